The second-order valence-electron chi connectivity index (χ2n) is 5.06. The minimum Gasteiger partial charge on any atom is -0.406 e. The summed E-state index contributed by atoms with van der Waals surface area (Å²) in [5, 5.41) is 13.4. The van der Waals surface area contributed by atoms with E-state index in [0.29, 0.717) is 5.56 Å². The number of ether oxygens (including phenoxy) is 1. The lowest BCUT2D eigenvalue weighted by molar-refractivity contribution is -0.385. The number of nitrogens with zero attached hydrogens (tertiary/aromatic N) is 1. The van der Waals surface area contributed by atoms with E-state index in [2.05, 4.69) is 10.1 Å². The molecule has 0 fully saturated rings. The monoisotopic (exact) mass is 366 g/mol. The minimum atomic E-state index is -4.76. The fourth-order valence-electron chi connectivity index (χ4n) is 2.02. The van der Waals surface area contributed by atoms with Crippen LogP contribution in [0, 0.1) is 10.1 Å². The van der Waals surface area contributed by atoms with Crippen molar-refractivity contribution < 1.29 is 27.6 Å². The van der Waals surface area contributed by atoms with Gasteiger partial charge in [-0.25, -0.2) is 0 Å². The average molecular weight is 366 g/mol. The number of carbonyl (C=O) groups excluding carboxylic acids is 1. The second kappa shape index (κ2) is 8.15. The molecule has 0 aliphatic carbocycles. The van der Waals surface area contributed by atoms with Gasteiger partial charge in [-0.3, -0.25) is 14.9 Å². The molecule has 0 saturated heterocycles. The van der Waals surface area contributed by atoms with Crippen LogP contribution in [0.5, 0.6) is 5.75 Å². The molecule has 6 nitrogen and oxygen atoms in total. The lowest BCUT2D eigenvalue weighted by Crippen LogP contribution is -2.20. The van der Waals surface area contributed by atoms with Crippen molar-refractivity contribution in [1.29, 1.82) is 0 Å². The van der Waals surface area contributed by atoms with Gasteiger partial charge in [-0.2, -0.15) is 0 Å². The molecule has 0 aromatic heterocycles. The average Bonchev–Trinajstić information content (AvgIpc) is 2.58. The van der Waals surface area contributed by atoms with Crippen molar-refractivity contribution in [2.45, 2.75) is 12.9 Å². The van der Waals surface area contributed by atoms with Gasteiger partial charge in [0.15, 0.2) is 0 Å². The molecule has 0 radical (unpaired) electrons. The van der Waals surface area contributed by atoms with Gasteiger partial charge in [-0.1, -0.05) is 24.3 Å². The number of hydrogen-bond donors (Lipinski definition) is 1. The van der Waals surface area contributed by atoms with E-state index in [1.54, 1.807) is 6.07 Å². The Hall–Kier alpha value is -3.36. The zero-order valence-corrected chi connectivity index (χ0v) is 13.2. The van der Waals surface area contributed by atoms with Crippen LogP contribution < -0.4 is 10.1 Å². The maximum atomic E-state index is 12.1. The summed E-state index contributed by atoms with van der Waals surface area (Å²) < 4.78 is 40.0. The predicted octanol–water partition coefficient (Wildman–Crippen LogP) is 3.82. The van der Waals surface area contributed by atoms with Crippen LogP contribution in [0.25, 0.3) is 6.08 Å². The first-order chi connectivity index (χ1) is 12.2. The van der Waals surface area contributed by atoms with Crippen LogP contribution in [0.15, 0.2) is 54.6 Å². The molecule has 0 saturated carbocycles. The van der Waals surface area contributed by atoms with Crippen LogP contribution in [-0.2, 0) is 11.3 Å². The van der Waals surface area contributed by atoms with E-state index in [0.717, 1.165) is 18.2 Å². The number of hydrogen-bond acceptors (Lipinski definition) is 4. The highest BCUT2D eigenvalue weighted by molar-refractivity contribution is 5.92. The van der Waals surface area contributed by atoms with Gasteiger partial charge in [-0.05, 0) is 29.8 Å². The lowest BCUT2D eigenvalue weighted by atomic mass is 10.1. The Balaban J connectivity index is 1.92. The molecule has 0 unspecified atom stereocenters. The summed E-state index contributed by atoms with van der Waals surface area (Å²) in [7, 11) is 0. The van der Waals surface area contributed by atoms with Gasteiger partial charge in [0.2, 0.25) is 5.91 Å². The maximum Gasteiger partial charge on any atom is 0.573 e. The van der Waals surface area contributed by atoms with Crippen LogP contribution in [0.3, 0.4) is 0 Å². The standard InChI is InChI=1S/C17H13F3N2O4/c18-17(19,20)26-14-8-5-12(6-9-14)11-21-16(23)10-7-13-3-1-2-4-15(13)22(24)25/h1-10H,11H2,(H,21,23)/b10-7+. The number of amides is 1. The normalized spacial score (nSPS) is 11.3. The molecule has 0 aliphatic rings. The molecular formula is C17H13F3N2O4. The molecule has 0 aliphatic heterocycles. The van der Waals surface area contributed by atoms with Crippen molar-refractivity contribution in [3.8, 4) is 5.75 Å². The van der Waals surface area contributed by atoms with Gasteiger partial charge >= 0.3 is 6.36 Å². The smallest absolute Gasteiger partial charge is 0.406 e. The zero-order valence-electron chi connectivity index (χ0n) is 13.2. The van der Waals surface area contributed by atoms with Crippen LogP contribution in [0.4, 0.5) is 18.9 Å². The highest BCUT2D eigenvalue weighted by Gasteiger charge is 2.30. The molecule has 26 heavy (non-hydrogen) atoms. The topological polar surface area (TPSA) is 81.5 Å². The highest BCUT2D eigenvalue weighted by atomic mass is 19.4. The molecule has 2 aromatic carbocycles. The van der Waals surface area contributed by atoms with Gasteiger partial charge in [0.1, 0.15) is 5.75 Å². The number of nitro groups is 1. The molecule has 136 valence electrons. The van der Waals surface area contributed by atoms with Crippen molar-refractivity contribution in [2.24, 2.45) is 0 Å². The Kier molecular flexibility index (Phi) is 5.94. The number of rotatable bonds is 6. The summed E-state index contributed by atoms with van der Waals surface area (Å²) in [6.45, 7) is 0.0757. The summed E-state index contributed by atoms with van der Waals surface area (Å²) in [4.78, 5) is 22.1. The van der Waals surface area contributed by atoms with E-state index in [-0.39, 0.29) is 23.5 Å². The Morgan fingerprint density at radius 2 is 1.81 bits per heavy atom. The van der Waals surface area contributed by atoms with Gasteiger partial charge in [0, 0.05) is 18.7 Å². The third-order valence-electron chi connectivity index (χ3n) is 3.17. The molecule has 0 bridgehead atoms. The summed E-state index contributed by atoms with van der Waals surface area (Å²) in [6, 6.07) is 11.0. The second-order valence-corrected chi connectivity index (χ2v) is 5.06. The fourth-order valence-corrected chi connectivity index (χ4v) is 2.02. The number of para-hydroxylation sites is 1. The summed E-state index contributed by atoms with van der Waals surface area (Å²) in [5.41, 5.74) is 0.713. The third kappa shape index (κ3) is 5.93. The minimum absolute atomic E-state index is 0.0757. The van der Waals surface area contributed by atoms with Crippen molar-refractivity contribution in [3.63, 3.8) is 0 Å². The summed E-state index contributed by atoms with van der Waals surface area (Å²) >= 11 is 0. The van der Waals surface area contributed by atoms with E-state index < -0.39 is 17.2 Å². The van der Waals surface area contributed by atoms with E-state index >= 15 is 0 Å². The number of nitro benzene ring substituents is 1. The molecular weight excluding hydrogens is 353 g/mol. The first kappa shape index (κ1) is 19.0. The molecule has 1 N–H and O–H groups in total. The molecule has 0 spiro atoms. The highest BCUT2D eigenvalue weighted by Crippen LogP contribution is 2.22. The van der Waals surface area contributed by atoms with E-state index in [4.69, 9.17) is 0 Å². The molecule has 0 heterocycles. The van der Waals surface area contributed by atoms with Crippen molar-refractivity contribution >= 4 is 17.7 Å². The van der Waals surface area contributed by atoms with Crippen LogP contribution in [-0.4, -0.2) is 17.2 Å². The third-order valence-corrected chi connectivity index (χ3v) is 3.17. The molecule has 2 aromatic rings. The largest absolute Gasteiger partial charge is 0.573 e. The van der Waals surface area contributed by atoms with Crippen LogP contribution >= 0.6 is 0 Å². The zero-order chi connectivity index (χ0) is 19.2. The van der Waals surface area contributed by atoms with Gasteiger partial charge in [-0.15, -0.1) is 13.2 Å². The quantitative estimate of drug-likeness (QED) is 0.479. The van der Waals surface area contributed by atoms with E-state index in [1.807, 2.05) is 0 Å². The number of carbonyl (C=O) groups is 1. The SMILES string of the molecule is O=C(/C=C/c1ccccc1[N+](=O)[O-])NCc1ccc(OC(F)(F)F)cc1. The van der Waals surface area contributed by atoms with Crippen molar-refractivity contribution in [1.82, 2.24) is 5.32 Å². The molecule has 9 heteroatoms. The first-order valence-corrected chi connectivity index (χ1v) is 7.28. The maximum absolute atomic E-state index is 12.1. The predicted molar refractivity (Wildman–Crippen MR) is 87.1 cm³/mol. The van der Waals surface area contributed by atoms with Gasteiger partial charge in [0.05, 0.1) is 10.5 Å². The first-order valence-electron chi connectivity index (χ1n) is 7.28. The van der Waals surface area contributed by atoms with Gasteiger partial charge in [0.25, 0.3) is 5.69 Å². The lowest BCUT2D eigenvalue weighted by Gasteiger charge is -2.09. The Morgan fingerprint density at radius 3 is 2.42 bits per heavy atom. The number of benzene rings is 2. The molecule has 0 atom stereocenters. The fraction of sp³-hybridized carbons (Fsp3) is 0.118. The number of alkyl halides is 3. The molecule has 1 amide bonds. The number of nitrogens with one attached hydrogen (secondary N) is 1. The Morgan fingerprint density at radius 1 is 1.15 bits per heavy atom. The van der Waals surface area contributed by atoms with E-state index in [9.17, 15) is 28.1 Å². The Bertz CT molecular complexity index is 818. The summed E-state index contributed by atoms with van der Waals surface area (Å²) in [5.74, 6) is -0.859. The van der Waals surface area contributed by atoms with E-state index in [1.165, 1.54) is 36.4 Å². The van der Waals surface area contributed by atoms with Crippen molar-refractivity contribution in [2.75, 3.05) is 0 Å². The Labute approximate surface area is 146 Å². The van der Waals surface area contributed by atoms with Crippen LogP contribution in [0.2, 0.25) is 0 Å². The van der Waals surface area contributed by atoms with Crippen molar-refractivity contribution in [3.05, 3.63) is 75.8 Å². The molecule has 2 rings (SSSR count). The number of halogens is 3. The van der Waals surface area contributed by atoms with Gasteiger partial charge < -0.3 is 10.1 Å². The van der Waals surface area contributed by atoms with Crippen LogP contribution in [0.1, 0.15) is 11.1 Å². The summed E-state index contributed by atoms with van der Waals surface area (Å²) in [6.07, 6.45) is -2.31.